The number of amides is 2. The van der Waals surface area contributed by atoms with Gasteiger partial charge < -0.3 is 14.9 Å². The normalized spacial score (nSPS) is 17.5. The number of rotatable bonds is 9. The van der Waals surface area contributed by atoms with E-state index in [-0.39, 0.29) is 35.3 Å². The van der Waals surface area contributed by atoms with Gasteiger partial charge in [0.05, 0.1) is 16.0 Å². The van der Waals surface area contributed by atoms with Crippen molar-refractivity contribution in [2.45, 2.75) is 30.3 Å². The molecule has 11 heteroatoms. The molecule has 1 saturated heterocycles. The Hall–Kier alpha value is -3.28. The van der Waals surface area contributed by atoms with Crippen LogP contribution >= 0.6 is 0 Å². The van der Waals surface area contributed by atoms with Crippen molar-refractivity contribution in [3.05, 3.63) is 59.7 Å². The summed E-state index contributed by atoms with van der Waals surface area (Å²) in [6.45, 7) is 3.51. The Balaban J connectivity index is 1.55. The van der Waals surface area contributed by atoms with Gasteiger partial charge in [0.2, 0.25) is 10.0 Å². The molecule has 10 nitrogen and oxygen atoms in total. The topological polar surface area (TPSA) is 127 Å². The van der Waals surface area contributed by atoms with E-state index in [1.54, 1.807) is 24.3 Å². The number of carboxylic acids is 1. The summed E-state index contributed by atoms with van der Waals surface area (Å²) in [5, 5.41) is 9.00. The van der Waals surface area contributed by atoms with Crippen LogP contribution in [0.4, 0.5) is 5.69 Å². The molecule has 2 amide bonds. The van der Waals surface area contributed by atoms with E-state index >= 15 is 0 Å². The molecule has 0 aromatic heterocycles. The summed E-state index contributed by atoms with van der Waals surface area (Å²) in [6.07, 6.45) is -1.39. The molecule has 0 saturated carbocycles. The summed E-state index contributed by atoms with van der Waals surface area (Å²) in [6, 6.07) is 12.7. The monoisotopic (exact) mass is 500 g/mol. The number of anilines is 1. The Morgan fingerprint density at radius 3 is 2.09 bits per heavy atom. The van der Waals surface area contributed by atoms with E-state index in [9.17, 15) is 22.8 Å². The Kier molecular flexibility index (Phi) is 7.20. The second kappa shape index (κ2) is 10.1. The van der Waals surface area contributed by atoms with E-state index < -0.39 is 34.0 Å². The van der Waals surface area contributed by atoms with Crippen molar-refractivity contribution >= 4 is 33.5 Å². The number of aliphatic carboxylic acids is 1. The van der Waals surface area contributed by atoms with Crippen LogP contribution in [0.3, 0.4) is 0 Å². The Labute approximate surface area is 204 Å². The van der Waals surface area contributed by atoms with Crippen LogP contribution in [-0.4, -0.2) is 80.5 Å². The van der Waals surface area contributed by atoms with Gasteiger partial charge in [-0.2, -0.15) is 4.72 Å². The highest BCUT2D eigenvalue weighted by Gasteiger charge is 2.41. The molecule has 0 bridgehead atoms. The standard InChI is InChI=1S/C24H28N4O6S/c1-26-13-15-27(16-14-26)17-9-11-18(12-10-17)35(33,34)25-21(7-4-8-22(29)30)28-23(31)19-5-2-3-6-20(19)24(28)32/h2-3,5-6,9-12,21,25H,4,7-8,13-16H2,1H3,(H,29,30). The molecule has 186 valence electrons. The van der Waals surface area contributed by atoms with Crippen LogP contribution in [0.5, 0.6) is 0 Å². The first kappa shape index (κ1) is 24.8. The van der Waals surface area contributed by atoms with Crippen molar-refractivity contribution in [2.24, 2.45) is 0 Å². The maximum absolute atomic E-state index is 13.2. The number of nitrogens with one attached hydrogen (secondary N) is 1. The fraction of sp³-hybridized carbons (Fsp3) is 0.375. The number of piperazine rings is 1. The average Bonchev–Trinajstić information content (AvgIpc) is 3.09. The number of hydrogen-bond acceptors (Lipinski definition) is 7. The molecular weight excluding hydrogens is 472 g/mol. The first-order chi connectivity index (χ1) is 16.7. The smallest absolute Gasteiger partial charge is 0.303 e. The number of likely N-dealkylation sites (N-methyl/N-ethyl adjacent to an activating group) is 1. The zero-order chi connectivity index (χ0) is 25.2. The first-order valence-electron chi connectivity index (χ1n) is 11.4. The first-order valence-corrected chi connectivity index (χ1v) is 12.9. The largest absolute Gasteiger partial charge is 0.481 e. The molecule has 35 heavy (non-hydrogen) atoms. The number of benzene rings is 2. The number of nitrogens with zero attached hydrogens (tertiary/aromatic N) is 3. The van der Waals surface area contributed by atoms with E-state index in [1.165, 1.54) is 24.3 Å². The van der Waals surface area contributed by atoms with E-state index in [4.69, 9.17) is 5.11 Å². The molecule has 1 fully saturated rings. The summed E-state index contributed by atoms with van der Waals surface area (Å²) in [7, 11) is -2.05. The van der Waals surface area contributed by atoms with Crippen LogP contribution in [0.2, 0.25) is 0 Å². The number of carbonyl (C=O) groups excluding carboxylic acids is 2. The molecule has 2 aliphatic rings. The predicted molar refractivity (Wildman–Crippen MR) is 129 cm³/mol. The zero-order valence-electron chi connectivity index (χ0n) is 19.4. The van der Waals surface area contributed by atoms with Crippen LogP contribution in [0.1, 0.15) is 40.0 Å². The van der Waals surface area contributed by atoms with Gasteiger partial charge in [-0.3, -0.25) is 19.3 Å². The maximum atomic E-state index is 13.2. The van der Waals surface area contributed by atoms with Crippen LogP contribution in [-0.2, 0) is 14.8 Å². The fourth-order valence-corrected chi connectivity index (χ4v) is 5.54. The van der Waals surface area contributed by atoms with Gasteiger partial charge in [-0.1, -0.05) is 12.1 Å². The van der Waals surface area contributed by atoms with Crippen LogP contribution in [0.15, 0.2) is 53.4 Å². The SMILES string of the molecule is CN1CCN(c2ccc(S(=O)(=O)NC(CCCC(=O)O)N3C(=O)c4ccccc4C3=O)cc2)CC1. The second-order valence-corrected chi connectivity index (χ2v) is 10.4. The lowest BCUT2D eigenvalue weighted by Crippen LogP contribution is -2.50. The number of imide groups is 1. The van der Waals surface area contributed by atoms with Crippen molar-refractivity contribution < 1.29 is 27.9 Å². The summed E-state index contributed by atoms with van der Waals surface area (Å²) in [5.41, 5.74) is 1.29. The van der Waals surface area contributed by atoms with Crippen molar-refractivity contribution in [2.75, 3.05) is 38.1 Å². The number of carboxylic acid groups (broad SMARTS) is 1. The number of carbonyl (C=O) groups is 3. The minimum absolute atomic E-state index is 0.00442. The second-order valence-electron chi connectivity index (χ2n) is 8.73. The molecule has 2 N–H and O–H groups in total. The predicted octanol–water partition coefficient (Wildman–Crippen LogP) is 1.59. The van der Waals surface area contributed by atoms with E-state index in [1.807, 2.05) is 0 Å². The third-order valence-electron chi connectivity index (χ3n) is 6.31. The third-order valence-corrected chi connectivity index (χ3v) is 7.79. The highest BCUT2D eigenvalue weighted by atomic mass is 32.2. The zero-order valence-corrected chi connectivity index (χ0v) is 20.2. The van der Waals surface area contributed by atoms with Gasteiger partial charge in [0, 0.05) is 38.3 Å². The Bertz CT molecular complexity index is 1190. The lowest BCUT2D eigenvalue weighted by Gasteiger charge is -2.34. The quantitative estimate of drug-likeness (QED) is 0.497. The summed E-state index contributed by atoms with van der Waals surface area (Å²) >= 11 is 0. The van der Waals surface area contributed by atoms with Gasteiger partial charge in [0.1, 0.15) is 6.17 Å². The van der Waals surface area contributed by atoms with Gasteiger partial charge in [-0.15, -0.1) is 0 Å². The molecule has 0 spiro atoms. The molecule has 0 aliphatic carbocycles. The third kappa shape index (κ3) is 5.37. The number of fused-ring (bicyclic) bond motifs is 1. The molecule has 2 aromatic carbocycles. The Morgan fingerprint density at radius 1 is 0.971 bits per heavy atom. The summed E-state index contributed by atoms with van der Waals surface area (Å²) in [5.74, 6) is -2.27. The number of sulfonamides is 1. The summed E-state index contributed by atoms with van der Waals surface area (Å²) in [4.78, 5) is 42.2. The van der Waals surface area contributed by atoms with Crippen molar-refractivity contribution in [1.29, 1.82) is 0 Å². The molecule has 2 aliphatic heterocycles. The van der Waals surface area contributed by atoms with Gasteiger partial charge in [-0.05, 0) is 56.3 Å². The van der Waals surface area contributed by atoms with E-state index in [0.29, 0.717) is 0 Å². The van der Waals surface area contributed by atoms with Gasteiger partial charge >= 0.3 is 5.97 Å². The lowest BCUT2D eigenvalue weighted by molar-refractivity contribution is -0.137. The summed E-state index contributed by atoms with van der Waals surface area (Å²) < 4.78 is 28.9. The molecular formula is C24H28N4O6S. The average molecular weight is 501 g/mol. The van der Waals surface area contributed by atoms with Gasteiger partial charge in [0.25, 0.3) is 11.8 Å². The van der Waals surface area contributed by atoms with Crippen molar-refractivity contribution in [3.8, 4) is 0 Å². The molecule has 4 rings (SSSR count). The number of hydrogen-bond donors (Lipinski definition) is 2. The van der Waals surface area contributed by atoms with Crippen molar-refractivity contribution in [3.63, 3.8) is 0 Å². The van der Waals surface area contributed by atoms with Crippen LogP contribution in [0, 0.1) is 0 Å². The Morgan fingerprint density at radius 2 is 1.54 bits per heavy atom. The lowest BCUT2D eigenvalue weighted by atomic mass is 10.1. The highest BCUT2D eigenvalue weighted by molar-refractivity contribution is 7.89. The fourth-order valence-electron chi connectivity index (χ4n) is 4.33. The van der Waals surface area contributed by atoms with Gasteiger partial charge in [-0.25, -0.2) is 8.42 Å². The molecule has 2 aromatic rings. The van der Waals surface area contributed by atoms with Crippen molar-refractivity contribution in [1.82, 2.24) is 14.5 Å². The molecule has 2 heterocycles. The highest BCUT2D eigenvalue weighted by Crippen LogP contribution is 2.27. The minimum Gasteiger partial charge on any atom is -0.481 e. The van der Waals surface area contributed by atoms with E-state index in [2.05, 4.69) is 21.6 Å². The van der Waals surface area contributed by atoms with E-state index in [0.717, 1.165) is 36.8 Å². The maximum Gasteiger partial charge on any atom is 0.303 e. The molecule has 1 unspecified atom stereocenters. The molecule has 0 radical (unpaired) electrons. The van der Waals surface area contributed by atoms with Gasteiger partial charge in [0.15, 0.2) is 0 Å². The minimum atomic E-state index is -4.11. The van der Waals surface area contributed by atoms with Crippen LogP contribution < -0.4 is 9.62 Å². The van der Waals surface area contributed by atoms with Crippen LogP contribution in [0.25, 0.3) is 0 Å². The molecule has 1 atom stereocenters.